The Labute approximate surface area is 234 Å². The second-order valence-corrected chi connectivity index (χ2v) is 9.25. The van der Waals surface area contributed by atoms with Crippen LogP contribution in [0.5, 0.6) is 11.5 Å². The Hall–Kier alpha value is -1.70. The maximum absolute atomic E-state index is 13.0. The Morgan fingerprint density at radius 2 is 1.49 bits per heavy atom. The van der Waals surface area contributed by atoms with Crippen molar-refractivity contribution in [3.05, 3.63) is 75.2 Å². The van der Waals surface area contributed by atoms with Gasteiger partial charge in [0.15, 0.2) is 5.75 Å². The third-order valence-corrected chi connectivity index (χ3v) is 5.80. The number of carbonyl (C=O) groups excluding carboxylic acids is 1. The molecule has 3 rings (SSSR count). The monoisotopic (exact) mass is 577 g/mol. The predicted octanol–water partition coefficient (Wildman–Crippen LogP) is 6.97. The first-order valence-electron chi connectivity index (χ1n) is 8.93. The number of hydrogen-bond donors (Lipinski definition) is 3. The fourth-order valence-corrected chi connectivity index (χ4v) is 3.95. The fourth-order valence-electron chi connectivity index (χ4n) is 2.68. The van der Waals surface area contributed by atoms with E-state index in [1.54, 1.807) is 0 Å². The summed E-state index contributed by atoms with van der Waals surface area (Å²) in [6, 6.07) is 9.20. The van der Waals surface area contributed by atoms with Gasteiger partial charge in [0.05, 0.1) is 16.3 Å². The molecule has 0 bridgehead atoms. The van der Waals surface area contributed by atoms with Gasteiger partial charge < -0.3 is 15.4 Å². The van der Waals surface area contributed by atoms with E-state index in [1.165, 1.54) is 36.4 Å². The molecule has 0 saturated heterocycles. The second-order valence-electron chi connectivity index (χ2n) is 6.58. The molecular formula is C20H12Cl3F3N2NaO5S. The van der Waals surface area contributed by atoms with Gasteiger partial charge >= 0.3 is 12.2 Å². The number of ether oxygens (including phenoxy) is 1. The summed E-state index contributed by atoms with van der Waals surface area (Å²) in [4.78, 5) is 11.8. The SMILES string of the molecule is O=C(Nc1ccc(Cl)c(C(F)(F)F)c1)Nc1cc(Cl)ccc1Oc1ccc(Cl)cc1S(=O)(=O)O.[Na]. The van der Waals surface area contributed by atoms with Crippen molar-refractivity contribution in [3.63, 3.8) is 0 Å². The van der Waals surface area contributed by atoms with Crippen molar-refractivity contribution in [2.75, 3.05) is 10.6 Å². The first kappa shape index (κ1) is 29.5. The number of anilines is 2. The van der Waals surface area contributed by atoms with Crippen molar-refractivity contribution in [2.45, 2.75) is 11.1 Å². The normalized spacial score (nSPS) is 11.4. The molecule has 0 aromatic heterocycles. The minimum Gasteiger partial charge on any atom is -0.454 e. The maximum Gasteiger partial charge on any atom is 0.417 e. The van der Waals surface area contributed by atoms with Crippen LogP contribution in [0.4, 0.5) is 29.3 Å². The van der Waals surface area contributed by atoms with E-state index in [0.29, 0.717) is 6.07 Å². The molecule has 0 aliphatic heterocycles. The zero-order valence-corrected chi connectivity index (χ0v) is 22.5. The Kier molecular flexibility index (Phi) is 9.76. The molecule has 3 aromatic rings. The van der Waals surface area contributed by atoms with Gasteiger partial charge in [-0.15, -0.1) is 0 Å². The summed E-state index contributed by atoms with van der Waals surface area (Å²) in [6.07, 6.45) is -4.73. The van der Waals surface area contributed by atoms with E-state index >= 15 is 0 Å². The van der Waals surface area contributed by atoms with Crippen molar-refractivity contribution < 1.29 is 35.7 Å². The first-order chi connectivity index (χ1) is 15.7. The second kappa shape index (κ2) is 11.6. The molecule has 3 N–H and O–H groups in total. The van der Waals surface area contributed by atoms with E-state index in [-0.39, 0.29) is 62.5 Å². The van der Waals surface area contributed by atoms with E-state index in [2.05, 4.69) is 10.6 Å². The van der Waals surface area contributed by atoms with Crippen LogP contribution in [0.3, 0.4) is 0 Å². The molecule has 0 spiro atoms. The molecule has 0 aliphatic carbocycles. The van der Waals surface area contributed by atoms with Crippen LogP contribution in [-0.2, 0) is 16.3 Å². The van der Waals surface area contributed by atoms with Crippen molar-refractivity contribution in [1.82, 2.24) is 0 Å². The number of halogens is 6. The third-order valence-electron chi connectivity index (χ3n) is 4.12. The number of alkyl halides is 3. The van der Waals surface area contributed by atoms with Crippen LogP contribution in [-0.4, -0.2) is 48.6 Å². The quantitative estimate of drug-likeness (QED) is 0.224. The van der Waals surface area contributed by atoms with Gasteiger partial charge in [0.2, 0.25) is 0 Å². The molecule has 0 aliphatic rings. The van der Waals surface area contributed by atoms with Crippen molar-refractivity contribution in [1.29, 1.82) is 0 Å². The van der Waals surface area contributed by atoms with Gasteiger partial charge in [-0.2, -0.15) is 21.6 Å². The van der Waals surface area contributed by atoms with E-state index < -0.39 is 37.8 Å². The zero-order chi connectivity index (χ0) is 25.3. The Bertz CT molecular complexity index is 1370. The average Bonchev–Trinajstić information content (AvgIpc) is 2.71. The number of rotatable bonds is 5. The average molecular weight is 579 g/mol. The third kappa shape index (κ3) is 7.89. The molecule has 0 unspecified atom stereocenters. The standard InChI is InChI=1S/C20H12Cl3F3N2O5S.Na/c21-10-1-5-16(33-17-6-2-11(22)8-18(17)34(30,31)32)15(7-10)28-19(29)27-12-3-4-14(23)13(9-12)20(24,25)26;/h1-9H,(H2,27,28,29)(H,30,31,32);. The Balaban J connectivity index is 0.00000432. The molecule has 15 heteroatoms. The molecule has 181 valence electrons. The molecule has 0 atom stereocenters. The van der Waals surface area contributed by atoms with Crippen molar-refractivity contribution >= 4 is 91.9 Å². The largest absolute Gasteiger partial charge is 0.454 e. The topological polar surface area (TPSA) is 105 Å². The van der Waals surface area contributed by atoms with Crippen LogP contribution < -0.4 is 15.4 Å². The molecule has 1 radical (unpaired) electrons. The molecule has 35 heavy (non-hydrogen) atoms. The Morgan fingerprint density at radius 3 is 2.09 bits per heavy atom. The number of urea groups is 1. The van der Waals surface area contributed by atoms with Crippen LogP contribution in [0, 0.1) is 0 Å². The van der Waals surface area contributed by atoms with Gasteiger partial charge in [-0.25, -0.2) is 4.79 Å². The van der Waals surface area contributed by atoms with Gasteiger partial charge in [-0.1, -0.05) is 34.8 Å². The summed E-state index contributed by atoms with van der Waals surface area (Å²) in [5.41, 5.74) is -1.41. The Morgan fingerprint density at radius 1 is 0.886 bits per heavy atom. The molecule has 0 saturated carbocycles. The van der Waals surface area contributed by atoms with Gasteiger partial charge in [-0.05, 0) is 54.6 Å². The smallest absolute Gasteiger partial charge is 0.417 e. The summed E-state index contributed by atoms with van der Waals surface area (Å²) in [6.45, 7) is 0. The van der Waals surface area contributed by atoms with Gasteiger partial charge in [-0.3, -0.25) is 4.55 Å². The predicted molar refractivity (Wildman–Crippen MR) is 128 cm³/mol. The number of amides is 2. The van der Waals surface area contributed by atoms with Gasteiger partial charge in [0.25, 0.3) is 10.1 Å². The number of benzene rings is 3. The van der Waals surface area contributed by atoms with Crippen LogP contribution in [0.2, 0.25) is 15.1 Å². The minimum atomic E-state index is -4.73. The molecule has 0 fully saturated rings. The maximum atomic E-state index is 13.0. The van der Waals surface area contributed by atoms with Crippen molar-refractivity contribution in [2.24, 2.45) is 0 Å². The molecule has 0 heterocycles. The van der Waals surface area contributed by atoms with Crippen LogP contribution in [0.15, 0.2) is 59.5 Å². The molecule has 2 amide bonds. The number of nitrogens with one attached hydrogen (secondary N) is 2. The van der Waals surface area contributed by atoms with E-state index in [0.717, 1.165) is 12.1 Å². The molecular weight excluding hydrogens is 567 g/mol. The zero-order valence-electron chi connectivity index (χ0n) is 17.5. The van der Waals surface area contributed by atoms with E-state index in [1.807, 2.05) is 0 Å². The van der Waals surface area contributed by atoms with Crippen LogP contribution in [0.1, 0.15) is 5.56 Å². The van der Waals surface area contributed by atoms with E-state index in [9.17, 15) is 30.9 Å². The van der Waals surface area contributed by atoms with Crippen LogP contribution >= 0.6 is 34.8 Å². The summed E-state index contributed by atoms with van der Waals surface area (Å²) in [5.74, 6) is -0.413. The number of carbonyl (C=O) groups is 1. The van der Waals surface area contributed by atoms with Crippen molar-refractivity contribution in [3.8, 4) is 11.5 Å². The summed E-state index contributed by atoms with van der Waals surface area (Å²) in [5, 5.41) is 4.20. The molecule has 3 aromatic carbocycles. The van der Waals surface area contributed by atoms with Gasteiger partial charge in [0, 0.05) is 45.3 Å². The molecule has 7 nitrogen and oxygen atoms in total. The van der Waals surface area contributed by atoms with Gasteiger partial charge in [0.1, 0.15) is 10.6 Å². The minimum absolute atomic E-state index is 0. The number of hydrogen-bond acceptors (Lipinski definition) is 4. The summed E-state index contributed by atoms with van der Waals surface area (Å²) >= 11 is 17.3. The van der Waals surface area contributed by atoms with Crippen LogP contribution in [0.25, 0.3) is 0 Å². The summed E-state index contributed by atoms with van der Waals surface area (Å²) in [7, 11) is -4.72. The fraction of sp³-hybridized carbons (Fsp3) is 0.0500. The van der Waals surface area contributed by atoms with E-state index in [4.69, 9.17) is 39.5 Å². The first-order valence-corrected chi connectivity index (χ1v) is 11.5. The summed E-state index contributed by atoms with van der Waals surface area (Å²) < 4.78 is 77.4.